The van der Waals surface area contributed by atoms with E-state index in [-0.39, 0.29) is 11.8 Å². The SMILES string of the molecule is CCc1c(-c2nnc(C3(CC(F)(F)F)CCC3)o2)nc(-c2ccccc2Cl)n1-c1ccc(Cl)cc1. The van der Waals surface area contributed by atoms with Crippen LogP contribution in [0.3, 0.4) is 0 Å². The van der Waals surface area contributed by atoms with E-state index in [9.17, 15) is 13.2 Å². The molecule has 1 saturated carbocycles. The topological polar surface area (TPSA) is 56.7 Å². The second-order valence-corrected chi connectivity index (χ2v) is 9.56. The lowest BCUT2D eigenvalue weighted by molar-refractivity contribution is -0.158. The fourth-order valence-electron chi connectivity index (χ4n) is 4.63. The molecule has 2 heterocycles. The maximum Gasteiger partial charge on any atom is 0.390 e. The summed E-state index contributed by atoms with van der Waals surface area (Å²) in [5.74, 6) is 0.656. The number of hydrogen-bond donors (Lipinski definition) is 0. The van der Waals surface area contributed by atoms with E-state index < -0.39 is 18.0 Å². The molecule has 35 heavy (non-hydrogen) atoms. The molecule has 5 nitrogen and oxygen atoms in total. The van der Waals surface area contributed by atoms with Crippen LogP contribution in [-0.4, -0.2) is 25.9 Å². The van der Waals surface area contributed by atoms with Crippen molar-refractivity contribution in [3.05, 3.63) is 70.2 Å². The lowest BCUT2D eigenvalue weighted by Gasteiger charge is -2.38. The molecule has 1 aliphatic carbocycles. The quantitative estimate of drug-likeness (QED) is 0.260. The molecule has 0 N–H and O–H groups in total. The van der Waals surface area contributed by atoms with Crippen LogP contribution in [0.5, 0.6) is 0 Å². The number of hydrogen-bond acceptors (Lipinski definition) is 4. The lowest BCUT2D eigenvalue weighted by atomic mass is 9.66. The highest BCUT2D eigenvalue weighted by molar-refractivity contribution is 6.33. The van der Waals surface area contributed by atoms with Crippen LogP contribution in [0.25, 0.3) is 28.7 Å². The molecule has 0 amide bonds. The third kappa shape index (κ3) is 4.45. The van der Waals surface area contributed by atoms with Crippen molar-refractivity contribution in [3.8, 4) is 28.7 Å². The van der Waals surface area contributed by atoms with Crippen LogP contribution in [-0.2, 0) is 11.8 Å². The second kappa shape index (κ2) is 8.99. The number of alkyl halides is 3. The summed E-state index contributed by atoms with van der Waals surface area (Å²) in [6.45, 7) is 1.96. The van der Waals surface area contributed by atoms with Crippen molar-refractivity contribution in [1.82, 2.24) is 19.7 Å². The van der Waals surface area contributed by atoms with Gasteiger partial charge in [-0.1, -0.05) is 48.7 Å². The standard InChI is InChI=1S/C25H21Cl2F3N4O/c1-2-19-20(22-32-33-23(35-22)24(12-5-13-24)14-25(28,29)30)31-21(17-6-3-4-7-18(17)27)34(19)16-10-8-15(26)9-11-16/h3-4,6-11H,2,5,12-14H2,1H3. The van der Waals surface area contributed by atoms with Crippen molar-refractivity contribution in [2.45, 2.75) is 50.6 Å². The third-order valence-electron chi connectivity index (χ3n) is 6.44. The Hall–Kier alpha value is -2.84. The fraction of sp³-hybridized carbons (Fsp3) is 0.320. The summed E-state index contributed by atoms with van der Waals surface area (Å²) >= 11 is 12.6. The molecule has 0 atom stereocenters. The summed E-state index contributed by atoms with van der Waals surface area (Å²) in [5.41, 5.74) is 1.50. The minimum atomic E-state index is -4.32. The Morgan fingerprint density at radius 1 is 1.03 bits per heavy atom. The zero-order chi connectivity index (χ0) is 24.8. The molecule has 5 rings (SSSR count). The molecule has 4 aromatic rings. The predicted octanol–water partition coefficient (Wildman–Crippen LogP) is 7.83. The van der Waals surface area contributed by atoms with Gasteiger partial charge in [0.1, 0.15) is 11.5 Å². The largest absolute Gasteiger partial charge is 0.419 e. The van der Waals surface area contributed by atoms with E-state index in [0.29, 0.717) is 52.8 Å². The lowest BCUT2D eigenvalue weighted by Crippen LogP contribution is -2.39. The van der Waals surface area contributed by atoms with E-state index in [0.717, 1.165) is 11.4 Å². The first kappa shape index (κ1) is 23.9. The van der Waals surface area contributed by atoms with E-state index in [1.165, 1.54) is 0 Å². The zero-order valence-corrected chi connectivity index (χ0v) is 20.3. The molecule has 0 bridgehead atoms. The predicted molar refractivity (Wildman–Crippen MR) is 128 cm³/mol. The Kier molecular flexibility index (Phi) is 6.13. The zero-order valence-electron chi connectivity index (χ0n) is 18.7. The number of halogens is 5. The number of imidazole rings is 1. The normalized spacial score (nSPS) is 15.3. The van der Waals surface area contributed by atoms with Gasteiger partial charge in [-0.15, -0.1) is 10.2 Å². The van der Waals surface area contributed by atoms with Crippen LogP contribution in [0.15, 0.2) is 52.9 Å². The number of aromatic nitrogens is 4. The highest BCUT2D eigenvalue weighted by Gasteiger charge is 2.51. The first-order chi connectivity index (χ1) is 16.7. The van der Waals surface area contributed by atoms with Gasteiger partial charge < -0.3 is 4.42 Å². The Labute approximate surface area is 209 Å². The maximum absolute atomic E-state index is 13.3. The van der Waals surface area contributed by atoms with E-state index in [1.807, 2.05) is 41.8 Å². The first-order valence-corrected chi connectivity index (χ1v) is 12.0. The highest BCUT2D eigenvalue weighted by Crippen LogP contribution is 2.50. The number of nitrogens with zero attached hydrogens (tertiary/aromatic N) is 4. The molecule has 0 spiro atoms. The molecule has 0 aliphatic heterocycles. The minimum absolute atomic E-state index is 0.0125. The summed E-state index contributed by atoms with van der Waals surface area (Å²) in [4.78, 5) is 4.82. The molecule has 0 unspecified atom stereocenters. The van der Waals surface area contributed by atoms with E-state index in [1.54, 1.807) is 18.2 Å². The van der Waals surface area contributed by atoms with Crippen molar-refractivity contribution in [3.63, 3.8) is 0 Å². The Bertz CT molecular complexity index is 1360. The number of benzene rings is 2. The second-order valence-electron chi connectivity index (χ2n) is 8.71. The first-order valence-electron chi connectivity index (χ1n) is 11.2. The summed E-state index contributed by atoms with van der Waals surface area (Å²) in [6.07, 6.45) is -3.35. The van der Waals surface area contributed by atoms with Crippen LogP contribution in [0, 0.1) is 0 Å². The van der Waals surface area contributed by atoms with Crippen molar-refractivity contribution in [2.24, 2.45) is 0 Å². The van der Waals surface area contributed by atoms with Gasteiger partial charge in [-0.25, -0.2) is 4.98 Å². The highest BCUT2D eigenvalue weighted by atomic mass is 35.5. The van der Waals surface area contributed by atoms with Crippen LogP contribution >= 0.6 is 23.2 Å². The fourth-order valence-corrected chi connectivity index (χ4v) is 4.98. The monoisotopic (exact) mass is 520 g/mol. The van der Waals surface area contributed by atoms with E-state index in [2.05, 4.69) is 10.2 Å². The summed E-state index contributed by atoms with van der Waals surface area (Å²) < 4.78 is 47.7. The molecule has 2 aromatic carbocycles. The van der Waals surface area contributed by atoms with Crippen LogP contribution in [0.4, 0.5) is 13.2 Å². The maximum atomic E-state index is 13.3. The van der Waals surface area contributed by atoms with Gasteiger partial charge in [-0.3, -0.25) is 4.57 Å². The van der Waals surface area contributed by atoms with E-state index in [4.69, 9.17) is 32.6 Å². The molecule has 0 radical (unpaired) electrons. The molecule has 1 fully saturated rings. The smallest absolute Gasteiger partial charge is 0.390 e. The van der Waals surface area contributed by atoms with Gasteiger partial charge in [-0.2, -0.15) is 13.2 Å². The van der Waals surface area contributed by atoms with Gasteiger partial charge in [0.05, 0.1) is 22.6 Å². The molecule has 10 heteroatoms. The molecule has 2 aromatic heterocycles. The van der Waals surface area contributed by atoms with Gasteiger partial charge in [0, 0.05) is 16.3 Å². The summed E-state index contributed by atoms with van der Waals surface area (Å²) in [7, 11) is 0. The van der Waals surface area contributed by atoms with Gasteiger partial charge in [-0.05, 0) is 55.7 Å². The van der Waals surface area contributed by atoms with Crippen molar-refractivity contribution in [1.29, 1.82) is 0 Å². The van der Waals surface area contributed by atoms with Crippen molar-refractivity contribution < 1.29 is 17.6 Å². The van der Waals surface area contributed by atoms with Crippen LogP contribution < -0.4 is 0 Å². The number of rotatable bonds is 6. The van der Waals surface area contributed by atoms with E-state index >= 15 is 0 Å². The molecule has 182 valence electrons. The van der Waals surface area contributed by atoms with Gasteiger partial charge in [0.15, 0.2) is 0 Å². The average Bonchev–Trinajstić information content (AvgIpc) is 3.42. The minimum Gasteiger partial charge on any atom is -0.419 e. The summed E-state index contributed by atoms with van der Waals surface area (Å²) in [6, 6.07) is 14.6. The Morgan fingerprint density at radius 3 is 2.34 bits per heavy atom. The van der Waals surface area contributed by atoms with Crippen LogP contribution in [0.2, 0.25) is 10.0 Å². The Balaban J connectivity index is 1.66. The average molecular weight is 521 g/mol. The van der Waals surface area contributed by atoms with Gasteiger partial charge >= 0.3 is 6.18 Å². The third-order valence-corrected chi connectivity index (χ3v) is 7.02. The Morgan fingerprint density at radius 2 is 1.74 bits per heavy atom. The summed E-state index contributed by atoms with van der Waals surface area (Å²) in [5, 5.41) is 9.28. The molecular formula is C25H21Cl2F3N4O. The van der Waals surface area contributed by atoms with Gasteiger partial charge in [0.25, 0.3) is 5.89 Å². The molecule has 1 aliphatic rings. The van der Waals surface area contributed by atoms with Crippen molar-refractivity contribution >= 4 is 23.2 Å². The van der Waals surface area contributed by atoms with Crippen molar-refractivity contribution in [2.75, 3.05) is 0 Å². The van der Waals surface area contributed by atoms with Crippen LogP contribution in [0.1, 0.15) is 44.2 Å². The molecule has 0 saturated heterocycles. The van der Waals surface area contributed by atoms with Gasteiger partial charge in [0.2, 0.25) is 5.89 Å². The molecular weight excluding hydrogens is 500 g/mol.